The Morgan fingerprint density at radius 1 is 1.42 bits per heavy atom. The van der Waals surface area contributed by atoms with Crippen molar-refractivity contribution in [2.75, 3.05) is 0 Å². The molecule has 0 N–H and O–H groups in total. The Morgan fingerprint density at radius 3 is 2.84 bits per heavy atom. The number of ketones is 1. The van der Waals surface area contributed by atoms with Gasteiger partial charge >= 0.3 is 0 Å². The van der Waals surface area contributed by atoms with E-state index >= 15 is 0 Å². The third kappa shape index (κ3) is 3.19. The van der Waals surface area contributed by atoms with E-state index in [1.54, 1.807) is 6.07 Å². The van der Waals surface area contributed by atoms with Gasteiger partial charge in [-0.2, -0.15) is 4.98 Å². The van der Waals surface area contributed by atoms with Gasteiger partial charge in [-0.1, -0.05) is 23.7 Å². The molecule has 0 unspecified atom stereocenters. The van der Waals surface area contributed by atoms with Crippen molar-refractivity contribution in [3.63, 3.8) is 0 Å². The van der Waals surface area contributed by atoms with Crippen molar-refractivity contribution in [3.05, 3.63) is 41.0 Å². The molecule has 0 aliphatic carbocycles. The van der Waals surface area contributed by atoms with Crippen LogP contribution in [0.5, 0.6) is 5.75 Å². The topological polar surface area (TPSA) is 65.2 Å². The van der Waals surface area contributed by atoms with Gasteiger partial charge in [-0.05, 0) is 26.0 Å². The second-order valence-corrected chi connectivity index (χ2v) is 4.30. The zero-order valence-corrected chi connectivity index (χ0v) is 11.3. The Morgan fingerprint density at radius 2 is 2.21 bits per heavy atom. The summed E-state index contributed by atoms with van der Waals surface area (Å²) in [6, 6.07) is 5.49. The molecule has 0 radical (unpaired) electrons. The number of aryl methyl sites for hydroxylation is 2. The van der Waals surface area contributed by atoms with E-state index in [0.29, 0.717) is 29.4 Å². The maximum atomic E-state index is 11.5. The highest BCUT2D eigenvalue weighted by molar-refractivity contribution is 5.97. The Kier molecular flexibility index (Phi) is 3.94. The minimum Gasteiger partial charge on any atom is -0.483 e. The molecule has 0 bridgehead atoms. The summed E-state index contributed by atoms with van der Waals surface area (Å²) in [5, 5.41) is 3.79. The molecule has 0 aliphatic heterocycles. The third-order valence-electron chi connectivity index (χ3n) is 2.69. The molecule has 0 saturated carbocycles. The predicted octanol–water partition coefficient (Wildman–Crippen LogP) is 2.72. The van der Waals surface area contributed by atoms with Gasteiger partial charge in [0.1, 0.15) is 5.75 Å². The smallest absolute Gasteiger partial charge is 0.264 e. The van der Waals surface area contributed by atoms with E-state index in [1.165, 1.54) is 6.92 Å². The van der Waals surface area contributed by atoms with Crippen LogP contribution < -0.4 is 4.74 Å². The quantitative estimate of drug-likeness (QED) is 0.773. The number of carbonyl (C=O) groups is 1. The van der Waals surface area contributed by atoms with E-state index in [-0.39, 0.29) is 12.4 Å². The molecule has 1 heterocycles. The van der Waals surface area contributed by atoms with E-state index < -0.39 is 0 Å². The van der Waals surface area contributed by atoms with Crippen LogP contribution in [0.4, 0.5) is 0 Å². The second-order valence-electron chi connectivity index (χ2n) is 4.30. The average Bonchev–Trinajstić information content (AvgIpc) is 2.85. The summed E-state index contributed by atoms with van der Waals surface area (Å²) in [5.74, 6) is 1.56. The van der Waals surface area contributed by atoms with Gasteiger partial charge in [0.05, 0.1) is 5.56 Å². The summed E-state index contributed by atoms with van der Waals surface area (Å²) in [7, 11) is 0. The summed E-state index contributed by atoms with van der Waals surface area (Å²) >= 11 is 0. The number of Topliss-reactive ketones (excluding diaryl/α,β-unsaturated/α-hetero) is 1. The fourth-order valence-electron chi connectivity index (χ4n) is 1.68. The van der Waals surface area contributed by atoms with Crippen LogP contribution in [0.1, 0.15) is 41.5 Å². The van der Waals surface area contributed by atoms with Crippen LogP contribution in [0.15, 0.2) is 22.7 Å². The summed E-state index contributed by atoms with van der Waals surface area (Å²) in [4.78, 5) is 15.7. The molecule has 2 rings (SSSR count). The molecule has 0 fully saturated rings. The molecule has 0 aliphatic rings. The first kappa shape index (κ1) is 13.3. The highest BCUT2D eigenvalue weighted by atomic mass is 16.5. The first-order valence-electron chi connectivity index (χ1n) is 6.16. The van der Waals surface area contributed by atoms with E-state index in [9.17, 15) is 4.79 Å². The Bertz CT molecular complexity index is 590. The number of hydrogen-bond acceptors (Lipinski definition) is 5. The van der Waals surface area contributed by atoms with Gasteiger partial charge in [-0.3, -0.25) is 4.79 Å². The molecule has 2 aromatic rings. The molecular weight excluding hydrogens is 244 g/mol. The highest BCUT2D eigenvalue weighted by Crippen LogP contribution is 2.21. The van der Waals surface area contributed by atoms with Crippen molar-refractivity contribution in [2.24, 2.45) is 0 Å². The largest absolute Gasteiger partial charge is 0.483 e. The summed E-state index contributed by atoms with van der Waals surface area (Å²) in [6.07, 6.45) is 0.715. The number of rotatable bonds is 5. The van der Waals surface area contributed by atoms with E-state index in [2.05, 4.69) is 10.1 Å². The molecule has 0 saturated heterocycles. The fraction of sp³-hybridized carbons (Fsp3) is 0.357. The molecular formula is C14H16N2O3. The van der Waals surface area contributed by atoms with Crippen molar-refractivity contribution < 1.29 is 14.1 Å². The lowest BCUT2D eigenvalue weighted by molar-refractivity contribution is 0.101. The van der Waals surface area contributed by atoms with Crippen LogP contribution in [0, 0.1) is 6.92 Å². The highest BCUT2D eigenvalue weighted by Gasteiger charge is 2.11. The van der Waals surface area contributed by atoms with Crippen LogP contribution in [0.3, 0.4) is 0 Å². The van der Waals surface area contributed by atoms with Crippen molar-refractivity contribution in [1.29, 1.82) is 0 Å². The molecule has 1 aromatic carbocycles. The minimum absolute atomic E-state index is 0.0292. The Hall–Kier alpha value is -2.17. The van der Waals surface area contributed by atoms with Crippen molar-refractivity contribution >= 4 is 5.78 Å². The lowest BCUT2D eigenvalue weighted by Gasteiger charge is -2.08. The predicted molar refractivity (Wildman–Crippen MR) is 69.2 cm³/mol. The minimum atomic E-state index is -0.0292. The molecule has 19 heavy (non-hydrogen) atoms. The third-order valence-corrected chi connectivity index (χ3v) is 2.69. The number of ether oxygens (including phenoxy) is 1. The van der Waals surface area contributed by atoms with Crippen LogP contribution in [0.2, 0.25) is 0 Å². The van der Waals surface area contributed by atoms with E-state index in [1.807, 2.05) is 26.0 Å². The van der Waals surface area contributed by atoms with Gasteiger partial charge in [-0.15, -0.1) is 0 Å². The number of hydrogen-bond donors (Lipinski definition) is 0. The van der Waals surface area contributed by atoms with Crippen LogP contribution in [-0.2, 0) is 13.0 Å². The monoisotopic (exact) mass is 260 g/mol. The molecule has 1 aromatic heterocycles. The molecule has 100 valence electrons. The molecule has 0 spiro atoms. The van der Waals surface area contributed by atoms with Crippen LogP contribution >= 0.6 is 0 Å². The standard InChI is InChI=1S/C14H16N2O3/c1-4-13-15-14(19-16-13)8-18-12-6-5-9(2)7-11(12)10(3)17/h5-7H,4,8H2,1-3H3. The second kappa shape index (κ2) is 5.65. The maximum Gasteiger partial charge on any atom is 0.264 e. The Balaban J connectivity index is 2.12. The van der Waals surface area contributed by atoms with Gasteiger partial charge in [0.2, 0.25) is 0 Å². The summed E-state index contributed by atoms with van der Waals surface area (Å²) in [6.45, 7) is 5.56. The molecule has 5 nitrogen and oxygen atoms in total. The normalized spacial score (nSPS) is 10.5. The van der Waals surface area contributed by atoms with Gasteiger partial charge in [0.15, 0.2) is 18.2 Å². The first-order valence-corrected chi connectivity index (χ1v) is 6.16. The SMILES string of the molecule is CCc1noc(COc2ccc(C)cc2C(C)=O)n1. The first-order chi connectivity index (χ1) is 9.10. The zero-order valence-electron chi connectivity index (χ0n) is 11.3. The van der Waals surface area contributed by atoms with Gasteiger partial charge in [0, 0.05) is 6.42 Å². The van der Waals surface area contributed by atoms with Crippen LogP contribution in [0.25, 0.3) is 0 Å². The van der Waals surface area contributed by atoms with Crippen molar-refractivity contribution in [3.8, 4) is 5.75 Å². The Labute approximate surface area is 111 Å². The van der Waals surface area contributed by atoms with E-state index in [0.717, 1.165) is 5.56 Å². The van der Waals surface area contributed by atoms with Crippen LogP contribution in [-0.4, -0.2) is 15.9 Å². The molecule has 0 atom stereocenters. The molecule has 5 heteroatoms. The average molecular weight is 260 g/mol. The van der Waals surface area contributed by atoms with Gasteiger partial charge < -0.3 is 9.26 Å². The molecule has 0 amide bonds. The summed E-state index contributed by atoms with van der Waals surface area (Å²) in [5.41, 5.74) is 1.58. The van der Waals surface area contributed by atoms with Crippen molar-refractivity contribution in [2.45, 2.75) is 33.8 Å². The summed E-state index contributed by atoms with van der Waals surface area (Å²) < 4.78 is 10.6. The fourth-order valence-corrected chi connectivity index (χ4v) is 1.68. The van der Waals surface area contributed by atoms with E-state index in [4.69, 9.17) is 9.26 Å². The number of nitrogens with zero attached hydrogens (tertiary/aromatic N) is 2. The maximum absolute atomic E-state index is 11.5. The zero-order chi connectivity index (χ0) is 13.8. The van der Waals surface area contributed by atoms with Gasteiger partial charge in [-0.25, -0.2) is 0 Å². The van der Waals surface area contributed by atoms with Gasteiger partial charge in [0.25, 0.3) is 5.89 Å². The number of carbonyl (C=O) groups excluding carboxylic acids is 1. The number of benzene rings is 1. The lowest BCUT2D eigenvalue weighted by Crippen LogP contribution is -2.02. The number of aromatic nitrogens is 2. The van der Waals surface area contributed by atoms with Crippen molar-refractivity contribution in [1.82, 2.24) is 10.1 Å². The lowest BCUT2D eigenvalue weighted by atomic mass is 10.1.